The summed E-state index contributed by atoms with van der Waals surface area (Å²) in [5.74, 6) is -0.451. The first-order chi connectivity index (χ1) is 16.0. The van der Waals surface area contributed by atoms with Gasteiger partial charge in [-0.05, 0) is 70.7 Å². The number of rotatable bonds is 5. The predicted molar refractivity (Wildman–Crippen MR) is 132 cm³/mol. The molecule has 0 bridgehead atoms. The van der Waals surface area contributed by atoms with Crippen LogP contribution in [0.15, 0.2) is 36.5 Å². The molecule has 0 saturated carbocycles. The first-order valence-electron chi connectivity index (χ1n) is 11.7. The number of nitrogens with zero attached hydrogens (tertiary/aromatic N) is 3. The average Bonchev–Trinajstić information content (AvgIpc) is 3.24. The second kappa shape index (κ2) is 10.3. The van der Waals surface area contributed by atoms with E-state index >= 15 is 0 Å². The molecule has 8 heteroatoms. The van der Waals surface area contributed by atoms with E-state index in [1.54, 1.807) is 18.0 Å². The molecule has 0 aliphatic carbocycles. The van der Waals surface area contributed by atoms with E-state index < -0.39 is 5.60 Å². The highest BCUT2D eigenvalue weighted by atomic mass is 16.6. The van der Waals surface area contributed by atoms with Gasteiger partial charge in [-0.25, -0.2) is 4.79 Å². The summed E-state index contributed by atoms with van der Waals surface area (Å²) in [6, 6.07) is 9.56. The zero-order valence-electron chi connectivity index (χ0n) is 21.1. The van der Waals surface area contributed by atoms with Gasteiger partial charge in [0.15, 0.2) is 0 Å². The number of anilines is 1. The molecule has 2 aromatic rings. The molecule has 1 saturated heterocycles. The van der Waals surface area contributed by atoms with Crippen molar-refractivity contribution in [2.45, 2.75) is 59.1 Å². The van der Waals surface area contributed by atoms with Gasteiger partial charge >= 0.3 is 6.09 Å². The summed E-state index contributed by atoms with van der Waals surface area (Å²) in [5.41, 5.74) is 2.76. The minimum Gasteiger partial charge on any atom is -0.444 e. The van der Waals surface area contributed by atoms with Crippen molar-refractivity contribution in [2.24, 2.45) is 0 Å². The third kappa shape index (κ3) is 6.18. The monoisotopic (exact) mass is 468 g/mol. The third-order valence-electron chi connectivity index (χ3n) is 5.98. The van der Waals surface area contributed by atoms with E-state index in [1.807, 2.05) is 69.6 Å². The second-order valence-electron chi connectivity index (χ2n) is 9.98. The Bertz CT molecular complexity index is 1030. The van der Waals surface area contributed by atoms with Gasteiger partial charge in [-0.3, -0.25) is 9.59 Å². The first kappa shape index (κ1) is 25.3. The molecular weight excluding hydrogens is 432 g/mol. The number of aromatic nitrogens is 1. The summed E-state index contributed by atoms with van der Waals surface area (Å²) in [4.78, 5) is 41.3. The second-order valence-corrected chi connectivity index (χ2v) is 9.98. The van der Waals surface area contributed by atoms with Crippen molar-refractivity contribution in [3.63, 3.8) is 0 Å². The Balaban J connectivity index is 1.60. The van der Waals surface area contributed by atoms with Gasteiger partial charge in [0.05, 0.1) is 6.54 Å². The van der Waals surface area contributed by atoms with Gasteiger partial charge in [0, 0.05) is 38.1 Å². The summed E-state index contributed by atoms with van der Waals surface area (Å²) in [7, 11) is 1.63. The molecule has 34 heavy (non-hydrogen) atoms. The lowest BCUT2D eigenvalue weighted by molar-refractivity contribution is -0.116. The summed E-state index contributed by atoms with van der Waals surface area (Å²) >= 11 is 0. The molecule has 184 valence electrons. The molecule has 0 atom stereocenters. The van der Waals surface area contributed by atoms with E-state index in [9.17, 15) is 14.4 Å². The number of ether oxygens (including phenoxy) is 1. The Kier molecular flexibility index (Phi) is 7.69. The van der Waals surface area contributed by atoms with Crippen LogP contribution in [-0.4, -0.2) is 64.6 Å². The van der Waals surface area contributed by atoms with Crippen molar-refractivity contribution < 1.29 is 19.1 Å². The molecular formula is C26H36N4O4. The summed E-state index contributed by atoms with van der Waals surface area (Å²) in [5, 5.41) is 2.93. The Morgan fingerprint density at radius 2 is 1.68 bits per heavy atom. The van der Waals surface area contributed by atoms with Crippen LogP contribution in [-0.2, 0) is 9.53 Å². The van der Waals surface area contributed by atoms with Gasteiger partial charge in [0.2, 0.25) is 5.91 Å². The number of aryl methyl sites for hydroxylation is 2. The van der Waals surface area contributed by atoms with Gasteiger partial charge in [-0.2, -0.15) is 0 Å². The van der Waals surface area contributed by atoms with Crippen LogP contribution in [0.4, 0.5) is 10.5 Å². The maximum absolute atomic E-state index is 13.2. The van der Waals surface area contributed by atoms with Crippen LogP contribution >= 0.6 is 0 Å². The molecule has 0 spiro atoms. The minimum absolute atomic E-state index is 0.0468. The average molecular weight is 469 g/mol. The number of amides is 3. The standard InChI is InChI=1S/C26H36N4O4/c1-18-9-7-10-19(2)23(18)27-22(31)17-28(6)24(32)21-11-8-14-30(21)20-12-15-29(16-13-20)25(33)34-26(3,4)5/h7-11,14,20H,12-13,15-17H2,1-6H3,(H,27,31). The van der Waals surface area contributed by atoms with Crippen molar-refractivity contribution in [1.82, 2.24) is 14.4 Å². The van der Waals surface area contributed by atoms with Crippen LogP contribution in [0, 0.1) is 13.8 Å². The number of piperidine rings is 1. The zero-order chi connectivity index (χ0) is 25.0. The smallest absolute Gasteiger partial charge is 0.410 e. The lowest BCUT2D eigenvalue weighted by Gasteiger charge is -2.34. The number of hydrogen-bond donors (Lipinski definition) is 1. The topological polar surface area (TPSA) is 83.9 Å². The number of nitrogens with one attached hydrogen (secondary N) is 1. The number of carbonyl (C=O) groups is 3. The number of para-hydroxylation sites is 1. The molecule has 3 rings (SSSR count). The highest BCUT2D eigenvalue weighted by Crippen LogP contribution is 2.26. The van der Waals surface area contributed by atoms with Crippen LogP contribution in [0.25, 0.3) is 0 Å². The highest BCUT2D eigenvalue weighted by Gasteiger charge is 2.29. The SMILES string of the molecule is Cc1cccc(C)c1NC(=O)CN(C)C(=O)c1cccn1C1CCN(C(=O)OC(C)(C)C)CC1. The molecule has 1 fully saturated rings. The molecule has 1 aliphatic heterocycles. The molecule has 2 heterocycles. The molecule has 0 unspecified atom stereocenters. The fourth-order valence-electron chi connectivity index (χ4n) is 4.22. The summed E-state index contributed by atoms with van der Waals surface area (Å²) in [6.07, 6.45) is 3.05. The van der Waals surface area contributed by atoms with Crippen LogP contribution in [0.2, 0.25) is 0 Å². The number of benzene rings is 1. The van der Waals surface area contributed by atoms with E-state index in [0.717, 1.165) is 29.7 Å². The molecule has 1 aliphatic rings. The van der Waals surface area contributed by atoms with Crippen molar-refractivity contribution in [3.05, 3.63) is 53.3 Å². The molecule has 1 aromatic carbocycles. The third-order valence-corrected chi connectivity index (χ3v) is 5.98. The van der Waals surface area contributed by atoms with Gasteiger partial charge in [0.1, 0.15) is 11.3 Å². The van der Waals surface area contributed by atoms with Gasteiger partial charge in [0.25, 0.3) is 5.91 Å². The Labute approximate surface area is 201 Å². The van der Waals surface area contributed by atoms with E-state index in [0.29, 0.717) is 18.8 Å². The van der Waals surface area contributed by atoms with Crippen molar-refractivity contribution in [1.29, 1.82) is 0 Å². The molecule has 8 nitrogen and oxygen atoms in total. The van der Waals surface area contributed by atoms with Crippen molar-refractivity contribution in [3.8, 4) is 0 Å². The highest BCUT2D eigenvalue weighted by molar-refractivity contribution is 5.99. The van der Waals surface area contributed by atoms with E-state index in [1.165, 1.54) is 4.90 Å². The normalized spacial score (nSPS) is 14.6. The largest absolute Gasteiger partial charge is 0.444 e. The van der Waals surface area contributed by atoms with Crippen molar-refractivity contribution in [2.75, 3.05) is 32.0 Å². The Hall–Kier alpha value is -3.29. The number of likely N-dealkylation sites (tertiary alicyclic amines) is 1. The number of hydrogen-bond acceptors (Lipinski definition) is 4. The number of carbonyl (C=O) groups excluding carboxylic acids is 3. The zero-order valence-corrected chi connectivity index (χ0v) is 21.1. The van der Waals surface area contributed by atoms with E-state index in [4.69, 9.17) is 4.74 Å². The lowest BCUT2D eigenvalue weighted by atomic mass is 10.0. The van der Waals surface area contributed by atoms with Gasteiger partial charge < -0.3 is 24.4 Å². The Morgan fingerprint density at radius 1 is 1.06 bits per heavy atom. The quantitative estimate of drug-likeness (QED) is 0.706. The van der Waals surface area contributed by atoms with E-state index in [2.05, 4.69) is 5.32 Å². The van der Waals surface area contributed by atoms with Gasteiger partial charge in [-0.15, -0.1) is 0 Å². The number of likely N-dealkylation sites (N-methyl/N-ethyl adjacent to an activating group) is 1. The fourth-order valence-corrected chi connectivity index (χ4v) is 4.22. The summed E-state index contributed by atoms with van der Waals surface area (Å²) < 4.78 is 7.44. The first-order valence-corrected chi connectivity index (χ1v) is 11.7. The van der Waals surface area contributed by atoms with E-state index in [-0.39, 0.29) is 30.5 Å². The minimum atomic E-state index is -0.525. The fraction of sp³-hybridized carbons (Fsp3) is 0.500. The van der Waals surface area contributed by atoms with Crippen LogP contribution < -0.4 is 5.32 Å². The predicted octanol–water partition coefficient (Wildman–Crippen LogP) is 4.39. The molecule has 1 aromatic heterocycles. The van der Waals surface area contributed by atoms with Gasteiger partial charge in [-0.1, -0.05) is 18.2 Å². The van der Waals surface area contributed by atoms with Crippen LogP contribution in [0.3, 0.4) is 0 Å². The summed E-state index contributed by atoms with van der Waals surface area (Å²) in [6.45, 7) is 10.5. The molecule has 0 radical (unpaired) electrons. The lowest BCUT2D eigenvalue weighted by Crippen LogP contribution is -2.42. The van der Waals surface area contributed by atoms with Crippen LogP contribution in [0.5, 0.6) is 0 Å². The maximum Gasteiger partial charge on any atom is 0.410 e. The van der Waals surface area contributed by atoms with Crippen LogP contribution in [0.1, 0.15) is 61.3 Å². The Morgan fingerprint density at radius 3 is 2.26 bits per heavy atom. The molecule has 3 amide bonds. The molecule has 1 N–H and O–H groups in total. The maximum atomic E-state index is 13.2. The van der Waals surface area contributed by atoms with Crippen molar-refractivity contribution >= 4 is 23.6 Å².